The summed E-state index contributed by atoms with van der Waals surface area (Å²) < 4.78 is 8.83. The molecule has 9 nitrogen and oxygen atoms in total. The average molecular weight is 393 g/mol. The minimum Gasteiger partial charge on any atom is -0.444 e. The van der Waals surface area contributed by atoms with Gasteiger partial charge in [-0.05, 0) is 20.8 Å². The summed E-state index contributed by atoms with van der Waals surface area (Å²) in [6, 6.07) is 0. The first-order valence-corrected chi connectivity index (χ1v) is 8.97. The molecule has 0 bridgehead atoms. The first kappa shape index (κ1) is 23.0. The molecular weight excluding hydrogens is 370 g/mol. The minimum absolute atomic E-state index is 0.337. The molecule has 0 aromatic carbocycles. The Morgan fingerprint density at radius 2 is 1.56 bits per heavy atom. The lowest BCUT2D eigenvalue weighted by atomic mass is 10.2. The molecule has 0 rings (SSSR count). The summed E-state index contributed by atoms with van der Waals surface area (Å²) in [5.41, 5.74) is 5.71. The normalized spacial score (nSPS) is 11.0. The van der Waals surface area contributed by atoms with Crippen LogP contribution in [0.3, 0.4) is 0 Å². The third-order valence-electron chi connectivity index (χ3n) is 1.90. The number of rotatable bonds is 8. The van der Waals surface area contributed by atoms with E-state index in [-0.39, 0.29) is 0 Å². The summed E-state index contributed by atoms with van der Waals surface area (Å²) in [6.45, 7) is 12.2. The Balaban J connectivity index is 5.28. The maximum absolute atomic E-state index is 12.1. The molecule has 0 saturated heterocycles. The number of hydrogen-bond donors (Lipinski definition) is 3. The summed E-state index contributed by atoms with van der Waals surface area (Å²) >= 11 is 2.11. The van der Waals surface area contributed by atoms with Crippen LogP contribution in [0.2, 0.25) is 0 Å². The molecule has 4 N–H and O–H groups in total. The third kappa shape index (κ3) is 11.2. The zero-order valence-corrected chi connectivity index (χ0v) is 16.0. The maximum atomic E-state index is 12.1. The maximum Gasteiger partial charge on any atom is 0.444 e. The largest absolute Gasteiger partial charge is 0.444 e. The van der Waals surface area contributed by atoms with Gasteiger partial charge in [-0.1, -0.05) is 35.7 Å². The molecule has 0 aliphatic carbocycles. The molecule has 0 heterocycles. The fourth-order valence-corrected chi connectivity index (χ4v) is 3.20. The van der Waals surface area contributed by atoms with Gasteiger partial charge < -0.3 is 20.0 Å². The van der Waals surface area contributed by atoms with Crippen LogP contribution in [0.1, 0.15) is 20.8 Å². The van der Waals surface area contributed by atoms with Crippen molar-refractivity contribution in [2.45, 2.75) is 30.8 Å². The summed E-state index contributed by atoms with van der Waals surface area (Å²) in [6.07, 6.45) is -0.0372. The number of amides is 3. The van der Waals surface area contributed by atoms with Crippen LogP contribution in [0.4, 0.5) is 14.4 Å². The molecule has 11 heteroatoms. The van der Waals surface area contributed by atoms with Crippen LogP contribution < -0.4 is 16.5 Å². The second-order valence-corrected chi connectivity index (χ2v) is 7.95. The number of hydrogen-bond acceptors (Lipinski definition) is 8. The van der Waals surface area contributed by atoms with Crippen molar-refractivity contribution in [2.75, 3.05) is 11.5 Å². The van der Waals surface area contributed by atoms with E-state index in [1.165, 1.54) is 0 Å². The summed E-state index contributed by atoms with van der Waals surface area (Å²) in [5, 5.41) is 2.49. The van der Waals surface area contributed by atoms with Gasteiger partial charge in [-0.15, -0.1) is 18.6 Å². The van der Waals surface area contributed by atoms with Crippen molar-refractivity contribution in [3.63, 3.8) is 0 Å². The molecule has 0 aliphatic rings. The smallest absolute Gasteiger partial charge is 0.444 e. The number of nitrogens with two attached hydrogens (primary N) is 1. The van der Waals surface area contributed by atoms with E-state index in [0.29, 0.717) is 11.5 Å². The second-order valence-electron chi connectivity index (χ2n) is 5.30. The van der Waals surface area contributed by atoms with Crippen molar-refractivity contribution in [2.24, 2.45) is 5.73 Å². The molecule has 0 radical (unpaired) electrons. The van der Waals surface area contributed by atoms with Gasteiger partial charge in [0.05, 0.1) is 0 Å². The number of carbonyl (C=O) groups is 3. The number of ether oxygens (including phenoxy) is 2. The lowest BCUT2D eigenvalue weighted by molar-refractivity contribution is 0.0278. The number of carbonyl (C=O) groups excluding carboxylic acids is 3. The van der Waals surface area contributed by atoms with E-state index in [0.717, 1.165) is 23.5 Å². The lowest BCUT2D eigenvalue weighted by Crippen LogP contribution is -2.50. The van der Waals surface area contributed by atoms with Crippen molar-refractivity contribution < 1.29 is 28.7 Å². The first-order chi connectivity index (χ1) is 11.5. The lowest BCUT2D eigenvalue weighted by Gasteiger charge is -2.32. The van der Waals surface area contributed by atoms with Crippen molar-refractivity contribution in [1.82, 2.24) is 10.8 Å². The van der Waals surface area contributed by atoms with Crippen molar-refractivity contribution in [3.8, 4) is 0 Å². The number of hydroxylamine groups is 1. The van der Waals surface area contributed by atoms with Gasteiger partial charge in [0.2, 0.25) is 0 Å². The molecule has 25 heavy (non-hydrogen) atoms. The Kier molecular flexibility index (Phi) is 9.91. The fourth-order valence-electron chi connectivity index (χ4n) is 1.20. The van der Waals surface area contributed by atoms with Crippen LogP contribution in [-0.2, 0) is 14.3 Å². The van der Waals surface area contributed by atoms with Gasteiger partial charge in [0.1, 0.15) is 5.60 Å². The molecule has 0 aromatic heterocycles. The fraction of sp³-hybridized carbons (Fsp3) is 0.500. The van der Waals surface area contributed by atoms with Crippen molar-refractivity contribution in [1.29, 1.82) is 0 Å². The average Bonchev–Trinajstić information content (AvgIpc) is 2.47. The second kappa shape index (κ2) is 10.8. The molecule has 0 spiro atoms. The summed E-state index contributed by atoms with van der Waals surface area (Å²) in [5.74, 6) is 0.674. The van der Waals surface area contributed by atoms with Gasteiger partial charge >= 0.3 is 18.3 Å². The van der Waals surface area contributed by atoms with Gasteiger partial charge in [-0.3, -0.25) is 5.32 Å². The molecule has 0 saturated carbocycles. The highest BCUT2D eigenvalue weighted by atomic mass is 32.2. The van der Waals surface area contributed by atoms with E-state index < -0.39 is 28.3 Å². The topological polar surface area (TPSA) is 129 Å². The van der Waals surface area contributed by atoms with Gasteiger partial charge in [0.25, 0.3) is 4.39 Å². The van der Waals surface area contributed by atoms with E-state index in [2.05, 4.69) is 23.3 Å². The van der Waals surface area contributed by atoms with E-state index in [4.69, 9.17) is 15.2 Å². The Morgan fingerprint density at radius 1 is 1.04 bits per heavy atom. The van der Waals surface area contributed by atoms with Gasteiger partial charge in [0.15, 0.2) is 0 Å². The molecular formula is C14H23N3O6S2. The van der Waals surface area contributed by atoms with Crippen LogP contribution in [0.5, 0.6) is 0 Å². The number of nitrogens with one attached hydrogen (secondary N) is 2. The predicted octanol–water partition coefficient (Wildman–Crippen LogP) is 2.70. The van der Waals surface area contributed by atoms with E-state index in [1.807, 2.05) is 0 Å². The van der Waals surface area contributed by atoms with E-state index in [9.17, 15) is 14.4 Å². The molecule has 0 unspecified atom stereocenters. The van der Waals surface area contributed by atoms with Gasteiger partial charge in [0, 0.05) is 11.5 Å². The molecule has 0 atom stereocenters. The van der Waals surface area contributed by atoms with E-state index >= 15 is 0 Å². The Morgan fingerprint density at radius 3 is 1.96 bits per heavy atom. The minimum atomic E-state index is -1.57. The summed E-state index contributed by atoms with van der Waals surface area (Å²) in [7, 11) is 0. The Hall–Kier alpha value is -2.01. The molecule has 0 aliphatic heterocycles. The number of alkyl carbamates (subject to hydrolysis) is 1. The monoisotopic (exact) mass is 393 g/mol. The third-order valence-corrected chi connectivity index (χ3v) is 4.54. The van der Waals surface area contributed by atoms with Crippen LogP contribution in [0, 0.1) is 0 Å². The Labute approximate surface area is 155 Å². The highest BCUT2D eigenvalue weighted by Crippen LogP contribution is 2.36. The van der Waals surface area contributed by atoms with Gasteiger partial charge in [-0.2, -0.15) is 0 Å². The van der Waals surface area contributed by atoms with Crippen LogP contribution in [0.25, 0.3) is 0 Å². The SMILES string of the molecule is C=CCSC(NC(=O)OC(C)(C)C)(OC(=O)NOC(N)=O)SCC=C. The summed E-state index contributed by atoms with van der Waals surface area (Å²) in [4.78, 5) is 38.6. The predicted molar refractivity (Wildman–Crippen MR) is 97.7 cm³/mol. The Bertz CT molecular complexity index is 495. The molecule has 0 fully saturated rings. The number of thioether (sulfide) groups is 2. The highest BCUT2D eigenvalue weighted by molar-refractivity contribution is 8.18. The van der Waals surface area contributed by atoms with Crippen molar-refractivity contribution in [3.05, 3.63) is 25.3 Å². The standard InChI is InChI=1S/C14H23N3O6S2/c1-6-8-24-14(25-9-7-2,16-11(19)21-13(3,4)5)22-12(20)17-23-10(15)18/h6-7H,1-2,8-9H2,3-5H3,(H2,15,18)(H,16,19)(H,17,20). The molecule has 0 aromatic rings. The number of primary amides is 1. The van der Waals surface area contributed by atoms with Crippen LogP contribution in [-0.4, -0.2) is 39.8 Å². The van der Waals surface area contributed by atoms with Gasteiger partial charge in [-0.25, -0.2) is 14.4 Å². The quantitative estimate of drug-likeness (QED) is 0.248. The van der Waals surface area contributed by atoms with E-state index in [1.54, 1.807) is 38.4 Å². The van der Waals surface area contributed by atoms with Crippen molar-refractivity contribution >= 4 is 41.8 Å². The first-order valence-electron chi connectivity index (χ1n) is 6.99. The zero-order valence-electron chi connectivity index (χ0n) is 14.3. The molecule has 3 amide bonds. The molecule has 142 valence electrons. The van der Waals surface area contributed by atoms with Crippen LogP contribution in [0.15, 0.2) is 25.3 Å². The zero-order chi connectivity index (χ0) is 19.5. The van der Waals surface area contributed by atoms with Crippen LogP contribution >= 0.6 is 23.5 Å². The highest BCUT2D eigenvalue weighted by Gasteiger charge is 2.39.